The second-order valence-corrected chi connectivity index (χ2v) is 22.6. The number of rotatable bonds is 18. The molecule has 4 fully saturated rings. The Morgan fingerprint density at radius 3 is 1.52 bits per heavy atom. The van der Waals surface area contributed by atoms with E-state index in [9.17, 15) is 33.7 Å². The van der Waals surface area contributed by atoms with Crippen LogP contribution >= 0.6 is 15.9 Å². The Hall–Kier alpha value is -9.32. The number of nitro groups is 1. The van der Waals surface area contributed by atoms with E-state index in [0.717, 1.165) is 185 Å². The number of morpholine rings is 4. The number of methoxy groups -OCH3 is 2. The zero-order valence-electron chi connectivity index (χ0n) is 56.1. The van der Waals surface area contributed by atoms with E-state index < -0.39 is 34.3 Å². The lowest BCUT2D eigenvalue weighted by Crippen LogP contribution is -2.39. The number of hydrogen-bond acceptors (Lipinski definition) is 22. The number of aromatic carboxylic acids is 1. The number of nitrogen functional groups attached to an aromatic ring is 1. The Kier molecular flexibility index (Phi) is 34.9. The van der Waals surface area contributed by atoms with Crippen molar-refractivity contribution in [1.29, 1.82) is 5.26 Å². The van der Waals surface area contributed by atoms with Crippen LogP contribution in [0.25, 0.3) is 22.1 Å². The Bertz CT molecular complexity index is 3830. The number of para-hydroxylation sites is 6. The van der Waals surface area contributed by atoms with Gasteiger partial charge in [0.25, 0.3) is 5.91 Å². The van der Waals surface area contributed by atoms with Crippen molar-refractivity contribution in [3.63, 3.8) is 0 Å². The topological polar surface area (TPSA) is 336 Å². The molecule has 7 N–H and O–H groups in total. The number of anilines is 3. The number of carboxylic acids is 1. The number of hydrogen-bond donors (Lipinski definition) is 5. The summed E-state index contributed by atoms with van der Waals surface area (Å²) in [7, 11) is 2.56. The Morgan fingerprint density at radius 1 is 0.606 bits per heavy atom. The Balaban J connectivity index is 0.000000195. The normalized spacial score (nSPS) is 14.6. The van der Waals surface area contributed by atoms with Crippen LogP contribution in [0.3, 0.4) is 0 Å². The van der Waals surface area contributed by atoms with Crippen LogP contribution in [0, 0.1) is 33.1 Å². The van der Waals surface area contributed by atoms with E-state index >= 15 is 0 Å². The standard InChI is InChI=1S/C22H24N4O4.C13H18N4O.C13H20N2O.C9H8O4.C6H4FNO2.C6H14N2O.CBrN/c1-29-21(28)17-6-4-5-16(15-17)20(27)24-22-23-18-7-2-3-8-19(18)26(22)10-9-25-11-13-30-14-12-25;14-13-15-11-3-1-2-4-12(11)17(13)6-5-16-7-9-18-10-8-16;1-12-4-2-3-5-13(12)14-6-7-15-8-10-16-11-9-15;1-13-9(12)7-4-2-3-6(5-7)8(10)11;7-5-3-1-2-4-6(5)8(9)10;7-1-2-8-3-5-9-6-4-8;2-1-3/h2-8,15H,9-14H2,1H3,(H,23,24,27);1-4H,5-10H2,(H2,14,15);2-5,14H,6-11H2,1H3;2-5H,1H3,(H,10,11);1-4H;1-7H2;. The molecule has 0 aliphatic carbocycles. The summed E-state index contributed by atoms with van der Waals surface area (Å²) in [5.41, 5.74) is 18.3. The van der Waals surface area contributed by atoms with Crippen molar-refractivity contribution in [3.05, 3.63) is 189 Å². The van der Waals surface area contributed by atoms with Gasteiger partial charge in [-0.15, -0.1) is 0 Å². The maximum Gasteiger partial charge on any atom is 0.337 e. The third kappa shape index (κ3) is 26.8. The number of nitriles is 1. The average Bonchev–Trinajstić information content (AvgIpc) is 1.64. The van der Waals surface area contributed by atoms with Crippen molar-refractivity contribution >= 4 is 85.1 Å². The molecule has 2 aromatic heterocycles. The van der Waals surface area contributed by atoms with Crippen molar-refractivity contribution < 1.29 is 62.0 Å². The first-order valence-corrected chi connectivity index (χ1v) is 33.0. The monoisotopic (exact) mass is 1430 g/mol. The number of esters is 2. The average molecular weight is 1430 g/mol. The number of fused-ring (bicyclic) bond motifs is 2. The third-order valence-electron chi connectivity index (χ3n) is 15.7. The number of aromatic nitrogens is 4. The number of amides is 1. The molecule has 4 aliphatic heterocycles. The van der Waals surface area contributed by atoms with E-state index in [4.69, 9.17) is 45.5 Å². The van der Waals surface area contributed by atoms with Crippen LogP contribution in [0.5, 0.6) is 0 Å². The maximum atomic E-state index is 12.9. The number of benzene rings is 6. The summed E-state index contributed by atoms with van der Waals surface area (Å²) in [5, 5.41) is 32.2. The molecule has 99 heavy (non-hydrogen) atoms. The highest BCUT2D eigenvalue weighted by Gasteiger charge is 2.20. The van der Waals surface area contributed by atoms with E-state index in [0.29, 0.717) is 29.6 Å². The van der Waals surface area contributed by atoms with Gasteiger partial charge in [-0.3, -0.25) is 39.8 Å². The zero-order chi connectivity index (χ0) is 71.2. The summed E-state index contributed by atoms with van der Waals surface area (Å²) in [4.78, 5) is 75.4. The van der Waals surface area contributed by atoms with Crippen molar-refractivity contribution in [2.24, 2.45) is 5.73 Å². The van der Waals surface area contributed by atoms with Gasteiger partial charge in [0.05, 0.1) is 111 Å². The Labute approximate surface area is 583 Å². The first kappa shape index (κ1) is 78.7. The van der Waals surface area contributed by atoms with E-state index in [-0.39, 0.29) is 17.0 Å². The lowest BCUT2D eigenvalue weighted by molar-refractivity contribution is -0.387. The fraction of sp³-hybridized carbons (Fsp3) is 0.386. The SMILES string of the molecule is COC(=O)c1cccc(C(=O)Nc2nc3ccccc3n2CCN2CCOCC2)c1.COC(=O)c1cccc(C(=O)O)c1.Cc1ccccc1NCCN1CCOCC1.N#CBr.NCCN1CCOCC1.Nc1nc2ccccc2n1CCN1CCOCC1.O=[N+]([O-])c1ccccc1F. The summed E-state index contributed by atoms with van der Waals surface area (Å²) in [6.07, 6.45) is 0. The van der Waals surface area contributed by atoms with Crippen LogP contribution in [-0.4, -0.2) is 231 Å². The number of nitrogens with one attached hydrogen (secondary N) is 2. The van der Waals surface area contributed by atoms with Crippen LogP contribution in [0.4, 0.5) is 27.7 Å². The molecule has 8 aromatic rings. The molecule has 530 valence electrons. The summed E-state index contributed by atoms with van der Waals surface area (Å²) < 4.78 is 46.9. The quantitative estimate of drug-likeness (QED) is 0.0307. The third-order valence-corrected chi connectivity index (χ3v) is 15.7. The predicted molar refractivity (Wildman–Crippen MR) is 380 cm³/mol. The second-order valence-electron chi connectivity index (χ2n) is 22.2. The lowest BCUT2D eigenvalue weighted by Gasteiger charge is -2.26. The summed E-state index contributed by atoms with van der Waals surface area (Å²) in [5.74, 6) is -2.13. The number of ether oxygens (including phenoxy) is 6. The molecular formula is C70H88BrFN14O13. The van der Waals surface area contributed by atoms with E-state index in [1.54, 1.807) is 23.2 Å². The van der Waals surface area contributed by atoms with Crippen LogP contribution in [0.15, 0.2) is 146 Å². The second kappa shape index (κ2) is 43.9. The van der Waals surface area contributed by atoms with Crippen LogP contribution < -0.4 is 22.1 Å². The highest BCUT2D eigenvalue weighted by atomic mass is 79.9. The predicted octanol–water partition coefficient (Wildman–Crippen LogP) is 8.14. The summed E-state index contributed by atoms with van der Waals surface area (Å²) >= 11 is 2.45. The smallest absolute Gasteiger partial charge is 0.337 e. The molecule has 0 bridgehead atoms. The van der Waals surface area contributed by atoms with Gasteiger partial charge >= 0.3 is 23.6 Å². The van der Waals surface area contributed by atoms with Crippen molar-refractivity contribution in [1.82, 2.24) is 38.7 Å². The first-order valence-electron chi connectivity index (χ1n) is 32.2. The summed E-state index contributed by atoms with van der Waals surface area (Å²) in [6.45, 7) is 24.1. The number of nitro benzene ring substituents is 1. The highest BCUT2D eigenvalue weighted by molar-refractivity contribution is 9.12. The number of imidazole rings is 2. The number of nitrogens with zero attached hydrogens (tertiary/aromatic N) is 10. The molecule has 4 aliphatic rings. The molecule has 1 amide bonds. The largest absolute Gasteiger partial charge is 0.478 e. The fourth-order valence-corrected chi connectivity index (χ4v) is 10.4. The minimum Gasteiger partial charge on any atom is -0.478 e. The van der Waals surface area contributed by atoms with Gasteiger partial charge in [-0.05, 0) is 85.3 Å². The number of carbonyl (C=O) groups is 4. The van der Waals surface area contributed by atoms with E-state index in [1.165, 1.54) is 67.9 Å². The molecular weight excluding hydrogens is 1340 g/mol. The van der Waals surface area contributed by atoms with Crippen molar-refractivity contribution in [2.75, 3.05) is 175 Å². The Morgan fingerprint density at radius 2 is 1.03 bits per heavy atom. The molecule has 0 radical (unpaired) electrons. The summed E-state index contributed by atoms with van der Waals surface area (Å²) in [6, 6.07) is 41.4. The van der Waals surface area contributed by atoms with E-state index in [1.807, 2.05) is 47.0 Å². The molecule has 0 unspecified atom stereocenters. The van der Waals surface area contributed by atoms with Crippen molar-refractivity contribution in [3.8, 4) is 4.98 Å². The first-order chi connectivity index (χ1) is 48.1. The molecule has 0 atom stereocenters. The fourth-order valence-electron chi connectivity index (χ4n) is 10.4. The van der Waals surface area contributed by atoms with Gasteiger partial charge in [-0.25, -0.2) is 24.4 Å². The van der Waals surface area contributed by atoms with Gasteiger partial charge in [-0.1, -0.05) is 66.7 Å². The van der Waals surface area contributed by atoms with Gasteiger partial charge < -0.3 is 59.4 Å². The molecule has 12 rings (SSSR count). The molecule has 6 heterocycles. The molecule has 6 aromatic carbocycles. The van der Waals surface area contributed by atoms with Crippen molar-refractivity contribution in [2.45, 2.75) is 20.0 Å². The number of aryl methyl sites for hydroxylation is 1. The van der Waals surface area contributed by atoms with Gasteiger partial charge in [-0.2, -0.15) is 9.65 Å². The molecule has 4 saturated heterocycles. The number of halogens is 2. The number of nitrogens with two attached hydrogens (primary N) is 2. The van der Waals surface area contributed by atoms with Crippen LogP contribution in [0.2, 0.25) is 0 Å². The molecule has 0 saturated carbocycles. The van der Waals surface area contributed by atoms with Gasteiger partial charge in [0.15, 0.2) is 0 Å². The van der Waals surface area contributed by atoms with Gasteiger partial charge in [0.2, 0.25) is 17.7 Å². The maximum absolute atomic E-state index is 12.9. The van der Waals surface area contributed by atoms with E-state index in [2.05, 4.69) is 103 Å². The lowest BCUT2D eigenvalue weighted by atomic mass is 10.1. The molecule has 27 nitrogen and oxygen atoms in total. The number of carbonyl (C=O) groups excluding carboxylic acids is 3. The van der Waals surface area contributed by atoms with Crippen LogP contribution in [-0.2, 0) is 41.5 Å². The van der Waals surface area contributed by atoms with Crippen LogP contribution in [0.1, 0.15) is 47.0 Å². The molecule has 29 heteroatoms. The highest BCUT2D eigenvalue weighted by Crippen LogP contribution is 2.22. The minimum absolute atomic E-state index is 0.0721. The molecule has 0 spiro atoms. The minimum atomic E-state index is -1.06. The van der Waals surface area contributed by atoms with Gasteiger partial charge in [0.1, 0.15) is 4.98 Å². The zero-order valence-corrected chi connectivity index (χ0v) is 57.6. The van der Waals surface area contributed by atoms with Gasteiger partial charge in [0, 0.05) is 138 Å². The number of carboxylic acid groups (broad SMARTS) is 1.